The maximum atomic E-state index is 13.6. The largest absolute Gasteiger partial charge is 0.480 e. The molecule has 5 heteroatoms. The van der Waals surface area contributed by atoms with Gasteiger partial charge >= 0.3 is 5.97 Å². The van der Waals surface area contributed by atoms with Gasteiger partial charge in [0.1, 0.15) is 11.9 Å². The molecule has 16 heavy (non-hydrogen) atoms. The van der Waals surface area contributed by atoms with Crippen molar-refractivity contribution in [3.8, 4) is 0 Å². The minimum absolute atomic E-state index is 0.292. The molecule has 0 aliphatic carbocycles. The van der Waals surface area contributed by atoms with Gasteiger partial charge in [-0.05, 0) is 25.1 Å². The highest BCUT2D eigenvalue weighted by Crippen LogP contribution is 2.34. The molecular weight excluding hydrogens is 233 g/mol. The molecule has 2 rings (SSSR count). The number of rotatable bonds is 2. The summed E-state index contributed by atoms with van der Waals surface area (Å²) in [5, 5.41) is 12.1. The van der Waals surface area contributed by atoms with E-state index in [9.17, 15) is 9.18 Å². The Hall–Kier alpha value is -1.13. The average Bonchev–Trinajstić information content (AvgIpc) is 2.66. The molecule has 1 aliphatic rings. The number of benzene rings is 1. The smallest absolute Gasteiger partial charge is 0.321 e. The third-order valence-corrected chi connectivity index (χ3v) is 3.19. The van der Waals surface area contributed by atoms with Gasteiger partial charge in [-0.25, -0.2) is 4.39 Å². The van der Waals surface area contributed by atoms with E-state index >= 15 is 0 Å². The summed E-state index contributed by atoms with van der Waals surface area (Å²) >= 11 is 5.92. The van der Waals surface area contributed by atoms with Crippen molar-refractivity contribution in [3.05, 3.63) is 34.6 Å². The summed E-state index contributed by atoms with van der Waals surface area (Å²) in [6.45, 7) is 0.562. The van der Waals surface area contributed by atoms with Crippen molar-refractivity contribution < 1.29 is 14.3 Å². The topological polar surface area (TPSA) is 49.3 Å². The predicted octanol–water partition coefficient (Wildman–Crippen LogP) is 2.01. The molecule has 1 aromatic rings. The van der Waals surface area contributed by atoms with Gasteiger partial charge in [0.15, 0.2) is 0 Å². The SMILES string of the molecule is O=C(O)C1NCCC1c1c(F)cccc1Cl. The molecule has 1 aliphatic heterocycles. The van der Waals surface area contributed by atoms with Crippen LogP contribution in [0, 0.1) is 5.82 Å². The Morgan fingerprint density at radius 3 is 2.94 bits per heavy atom. The molecule has 0 amide bonds. The third kappa shape index (κ3) is 1.90. The number of hydrogen-bond donors (Lipinski definition) is 2. The van der Waals surface area contributed by atoms with Crippen LogP contribution in [0.4, 0.5) is 4.39 Å². The highest BCUT2D eigenvalue weighted by molar-refractivity contribution is 6.31. The lowest BCUT2D eigenvalue weighted by Crippen LogP contribution is -2.34. The van der Waals surface area contributed by atoms with Crippen LogP contribution in [-0.2, 0) is 4.79 Å². The first-order chi connectivity index (χ1) is 7.61. The van der Waals surface area contributed by atoms with Gasteiger partial charge in [0, 0.05) is 16.5 Å². The van der Waals surface area contributed by atoms with Crippen molar-refractivity contribution in [1.82, 2.24) is 5.32 Å². The Morgan fingerprint density at radius 2 is 2.31 bits per heavy atom. The summed E-state index contributed by atoms with van der Waals surface area (Å²) in [6, 6.07) is 3.64. The van der Waals surface area contributed by atoms with Crippen molar-refractivity contribution >= 4 is 17.6 Å². The number of nitrogens with one attached hydrogen (secondary N) is 1. The minimum atomic E-state index is -0.971. The highest BCUT2D eigenvalue weighted by Gasteiger charge is 2.36. The van der Waals surface area contributed by atoms with E-state index in [1.54, 1.807) is 6.07 Å². The van der Waals surface area contributed by atoms with Gasteiger partial charge in [0.2, 0.25) is 0 Å². The van der Waals surface area contributed by atoms with Gasteiger partial charge in [-0.3, -0.25) is 4.79 Å². The van der Waals surface area contributed by atoms with Gasteiger partial charge < -0.3 is 10.4 Å². The number of carboxylic acid groups (broad SMARTS) is 1. The van der Waals surface area contributed by atoms with Gasteiger partial charge in [-0.15, -0.1) is 0 Å². The second kappa shape index (κ2) is 4.39. The van der Waals surface area contributed by atoms with Crippen LogP contribution in [0.2, 0.25) is 5.02 Å². The predicted molar refractivity (Wildman–Crippen MR) is 58.2 cm³/mol. The first-order valence-electron chi connectivity index (χ1n) is 5.01. The van der Waals surface area contributed by atoms with E-state index < -0.39 is 23.7 Å². The fraction of sp³-hybridized carbons (Fsp3) is 0.364. The van der Waals surface area contributed by atoms with Crippen LogP contribution in [-0.4, -0.2) is 23.7 Å². The second-order valence-electron chi connectivity index (χ2n) is 3.80. The fourth-order valence-electron chi connectivity index (χ4n) is 2.14. The van der Waals surface area contributed by atoms with E-state index in [-0.39, 0.29) is 0 Å². The lowest BCUT2D eigenvalue weighted by Gasteiger charge is -2.17. The van der Waals surface area contributed by atoms with Crippen molar-refractivity contribution in [2.75, 3.05) is 6.54 Å². The van der Waals surface area contributed by atoms with Crippen molar-refractivity contribution in [2.45, 2.75) is 18.4 Å². The second-order valence-corrected chi connectivity index (χ2v) is 4.21. The summed E-state index contributed by atoms with van der Waals surface area (Å²) in [7, 11) is 0. The Labute approximate surface area is 97.2 Å². The normalized spacial score (nSPS) is 24.6. The van der Waals surface area contributed by atoms with Crippen LogP contribution in [0.1, 0.15) is 17.9 Å². The van der Waals surface area contributed by atoms with Crippen LogP contribution < -0.4 is 5.32 Å². The zero-order valence-electron chi connectivity index (χ0n) is 8.41. The molecule has 1 saturated heterocycles. The highest BCUT2D eigenvalue weighted by atomic mass is 35.5. The summed E-state index contributed by atoms with van der Waals surface area (Å²) in [5.74, 6) is -1.81. The van der Waals surface area contributed by atoms with Gasteiger partial charge in [-0.1, -0.05) is 17.7 Å². The Morgan fingerprint density at radius 1 is 1.56 bits per heavy atom. The molecule has 0 spiro atoms. The molecule has 2 N–H and O–H groups in total. The average molecular weight is 244 g/mol. The van der Waals surface area contributed by atoms with E-state index in [0.29, 0.717) is 23.6 Å². The molecule has 0 saturated carbocycles. The quantitative estimate of drug-likeness (QED) is 0.836. The van der Waals surface area contributed by atoms with E-state index in [1.165, 1.54) is 12.1 Å². The molecule has 1 aromatic carbocycles. The summed E-state index contributed by atoms with van der Waals surface area (Å²) < 4.78 is 13.6. The molecular formula is C11H11ClFNO2. The molecule has 0 bridgehead atoms. The van der Waals surface area contributed by atoms with E-state index in [0.717, 1.165) is 0 Å². The van der Waals surface area contributed by atoms with Crippen LogP contribution in [0.3, 0.4) is 0 Å². The van der Waals surface area contributed by atoms with Crippen molar-refractivity contribution in [1.29, 1.82) is 0 Å². The van der Waals surface area contributed by atoms with Crippen molar-refractivity contribution in [3.63, 3.8) is 0 Å². The monoisotopic (exact) mass is 243 g/mol. The van der Waals surface area contributed by atoms with Gasteiger partial charge in [0.25, 0.3) is 0 Å². The Bertz CT molecular complexity index is 404. The molecule has 0 aromatic heterocycles. The first-order valence-corrected chi connectivity index (χ1v) is 5.39. The maximum absolute atomic E-state index is 13.6. The van der Waals surface area contributed by atoms with Crippen LogP contribution in [0.5, 0.6) is 0 Å². The zero-order chi connectivity index (χ0) is 11.7. The molecule has 1 heterocycles. The standard InChI is InChI=1S/C11H11ClFNO2/c12-7-2-1-3-8(13)9(7)6-4-5-14-10(6)11(15)16/h1-3,6,10,14H,4-5H2,(H,15,16). The van der Waals surface area contributed by atoms with Gasteiger partial charge in [-0.2, -0.15) is 0 Å². The maximum Gasteiger partial charge on any atom is 0.321 e. The minimum Gasteiger partial charge on any atom is -0.480 e. The number of carboxylic acids is 1. The van der Waals surface area contributed by atoms with Crippen LogP contribution in [0.25, 0.3) is 0 Å². The third-order valence-electron chi connectivity index (χ3n) is 2.86. The number of aliphatic carboxylic acids is 1. The number of halogens is 2. The number of carbonyl (C=O) groups is 1. The molecule has 3 nitrogen and oxygen atoms in total. The van der Waals surface area contributed by atoms with Crippen LogP contribution in [0.15, 0.2) is 18.2 Å². The lowest BCUT2D eigenvalue weighted by molar-refractivity contribution is -0.139. The Kier molecular flexibility index (Phi) is 3.12. The van der Waals surface area contributed by atoms with Crippen LogP contribution >= 0.6 is 11.6 Å². The lowest BCUT2D eigenvalue weighted by atomic mass is 9.91. The summed E-state index contributed by atoms with van der Waals surface area (Å²) in [6.07, 6.45) is 0.581. The zero-order valence-corrected chi connectivity index (χ0v) is 9.17. The molecule has 2 atom stereocenters. The molecule has 2 unspecified atom stereocenters. The Balaban J connectivity index is 2.40. The molecule has 0 radical (unpaired) electrons. The van der Waals surface area contributed by atoms with Crippen molar-refractivity contribution in [2.24, 2.45) is 0 Å². The molecule has 86 valence electrons. The number of hydrogen-bond acceptors (Lipinski definition) is 2. The van der Waals surface area contributed by atoms with E-state index in [4.69, 9.17) is 16.7 Å². The summed E-state index contributed by atoms with van der Waals surface area (Å²) in [5.41, 5.74) is 0.307. The fourth-order valence-corrected chi connectivity index (χ4v) is 2.44. The van der Waals surface area contributed by atoms with Gasteiger partial charge in [0.05, 0.1) is 0 Å². The summed E-state index contributed by atoms with van der Waals surface area (Å²) in [4.78, 5) is 11.0. The first kappa shape index (κ1) is 11.4. The van der Waals surface area contributed by atoms with E-state index in [1.807, 2.05) is 0 Å². The van der Waals surface area contributed by atoms with E-state index in [2.05, 4.69) is 5.32 Å². The molecule has 1 fully saturated rings.